The number of anilines is 1. The van der Waals surface area contributed by atoms with Crippen LogP contribution in [0.5, 0.6) is 11.5 Å². The van der Waals surface area contributed by atoms with Gasteiger partial charge in [0.15, 0.2) is 22.3 Å². The fourth-order valence-corrected chi connectivity index (χ4v) is 2.65. The minimum absolute atomic E-state index is 0.110. The van der Waals surface area contributed by atoms with E-state index in [4.69, 9.17) is 14.2 Å². The number of nitrogens with zero attached hydrogens (tertiary/aromatic N) is 1. The highest BCUT2D eigenvalue weighted by atomic mass is 32.1. The fourth-order valence-electron chi connectivity index (χ4n) is 1.96. The van der Waals surface area contributed by atoms with Crippen LogP contribution >= 0.6 is 11.3 Å². The van der Waals surface area contributed by atoms with Crippen molar-refractivity contribution >= 4 is 28.3 Å². The largest absolute Gasteiger partial charge is 0.485 e. The van der Waals surface area contributed by atoms with E-state index in [-0.39, 0.29) is 24.8 Å². The Bertz CT molecular complexity index is 730. The number of ether oxygens (including phenoxy) is 3. The molecule has 1 aliphatic heterocycles. The summed E-state index contributed by atoms with van der Waals surface area (Å²) in [6, 6.07) is 7.14. The number of fused-ring (bicyclic) bond motifs is 1. The molecule has 1 aliphatic rings. The van der Waals surface area contributed by atoms with Gasteiger partial charge in [-0.05, 0) is 19.1 Å². The summed E-state index contributed by atoms with van der Waals surface area (Å²) in [6.07, 6.45) is -0.778. The molecule has 7 nitrogen and oxygen atoms in total. The van der Waals surface area contributed by atoms with Gasteiger partial charge in [0.1, 0.15) is 6.61 Å². The van der Waals surface area contributed by atoms with Crippen molar-refractivity contribution in [2.24, 2.45) is 0 Å². The quantitative estimate of drug-likeness (QED) is 0.862. The van der Waals surface area contributed by atoms with Gasteiger partial charge in [0.25, 0.3) is 5.91 Å². The number of thiazole rings is 1. The molecule has 2 heterocycles. The number of carbonyl (C=O) groups is 2. The number of rotatable bonds is 4. The Morgan fingerprint density at radius 1 is 1.39 bits per heavy atom. The maximum atomic E-state index is 12.2. The van der Waals surface area contributed by atoms with Crippen molar-refractivity contribution in [2.45, 2.75) is 13.0 Å². The van der Waals surface area contributed by atoms with E-state index in [0.29, 0.717) is 16.6 Å². The molecule has 3 rings (SSSR count). The molecule has 0 aliphatic carbocycles. The zero-order valence-electron chi connectivity index (χ0n) is 12.3. The van der Waals surface area contributed by atoms with Crippen LogP contribution in [0.3, 0.4) is 0 Å². The first kappa shape index (κ1) is 15.3. The van der Waals surface area contributed by atoms with Crippen LogP contribution in [0.2, 0.25) is 0 Å². The maximum absolute atomic E-state index is 12.2. The normalized spacial score (nSPS) is 15.8. The molecule has 1 unspecified atom stereocenters. The predicted molar refractivity (Wildman–Crippen MR) is 83.1 cm³/mol. The van der Waals surface area contributed by atoms with E-state index in [0.717, 1.165) is 11.3 Å². The summed E-state index contributed by atoms with van der Waals surface area (Å²) in [7, 11) is 0. The van der Waals surface area contributed by atoms with Crippen LogP contribution < -0.4 is 14.8 Å². The van der Waals surface area contributed by atoms with E-state index in [1.54, 1.807) is 25.1 Å². The summed E-state index contributed by atoms with van der Waals surface area (Å²) in [6.45, 7) is 2.09. The number of hydrogen-bond donors (Lipinski definition) is 1. The lowest BCUT2D eigenvalue weighted by Crippen LogP contribution is -2.40. The van der Waals surface area contributed by atoms with Crippen LogP contribution in [-0.2, 0) is 9.53 Å². The van der Waals surface area contributed by atoms with E-state index < -0.39 is 12.1 Å². The average Bonchev–Trinajstić information content (AvgIpc) is 3.03. The number of esters is 1. The molecule has 0 saturated heterocycles. The second-order valence-corrected chi connectivity index (χ2v) is 5.47. The molecule has 0 radical (unpaired) electrons. The van der Waals surface area contributed by atoms with Crippen molar-refractivity contribution in [3.63, 3.8) is 0 Å². The smallest absolute Gasteiger partial charge is 0.357 e. The molecule has 1 aromatic carbocycles. The summed E-state index contributed by atoms with van der Waals surface area (Å²) in [5.41, 5.74) is 0.165. The van der Waals surface area contributed by atoms with E-state index in [1.807, 2.05) is 6.07 Å². The van der Waals surface area contributed by atoms with Gasteiger partial charge >= 0.3 is 5.97 Å². The zero-order chi connectivity index (χ0) is 16.2. The second kappa shape index (κ2) is 6.66. The molecule has 23 heavy (non-hydrogen) atoms. The van der Waals surface area contributed by atoms with Gasteiger partial charge in [0.05, 0.1) is 6.61 Å². The summed E-state index contributed by atoms with van der Waals surface area (Å²) in [5, 5.41) is 4.45. The van der Waals surface area contributed by atoms with Crippen molar-refractivity contribution in [1.82, 2.24) is 4.98 Å². The molecule has 0 spiro atoms. The molecule has 120 valence electrons. The summed E-state index contributed by atoms with van der Waals surface area (Å²) in [4.78, 5) is 27.8. The van der Waals surface area contributed by atoms with Crippen LogP contribution in [0, 0.1) is 0 Å². The Hall–Kier alpha value is -2.61. The van der Waals surface area contributed by atoms with Crippen molar-refractivity contribution in [1.29, 1.82) is 0 Å². The van der Waals surface area contributed by atoms with Crippen LogP contribution in [0.25, 0.3) is 0 Å². The van der Waals surface area contributed by atoms with Crippen molar-refractivity contribution < 1.29 is 23.8 Å². The van der Waals surface area contributed by atoms with Gasteiger partial charge in [-0.15, -0.1) is 11.3 Å². The van der Waals surface area contributed by atoms with Crippen molar-refractivity contribution in [3.8, 4) is 11.5 Å². The highest BCUT2D eigenvalue weighted by Gasteiger charge is 2.28. The van der Waals surface area contributed by atoms with E-state index in [2.05, 4.69) is 10.3 Å². The SMILES string of the molecule is CCOC(=O)c1csc(NC(=O)C2COc3ccccc3O2)n1. The lowest BCUT2D eigenvalue weighted by atomic mass is 10.2. The Kier molecular flexibility index (Phi) is 4.42. The summed E-state index contributed by atoms with van der Waals surface area (Å²) in [5.74, 6) is 0.223. The molecule has 1 N–H and O–H groups in total. The average molecular weight is 334 g/mol. The molecular formula is C15H14N2O5S. The molecule has 2 aromatic rings. The number of benzene rings is 1. The number of aromatic nitrogens is 1. The topological polar surface area (TPSA) is 86.8 Å². The van der Waals surface area contributed by atoms with Crippen molar-refractivity contribution in [2.75, 3.05) is 18.5 Å². The van der Waals surface area contributed by atoms with Gasteiger partial charge in [-0.25, -0.2) is 9.78 Å². The third kappa shape index (κ3) is 3.42. The number of nitrogens with one attached hydrogen (secondary N) is 1. The van der Waals surface area contributed by atoms with E-state index in [1.165, 1.54) is 5.38 Å². The third-order valence-corrected chi connectivity index (χ3v) is 3.78. The maximum Gasteiger partial charge on any atom is 0.357 e. The minimum Gasteiger partial charge on any atom is -0.485 e. The molecule has 1 atom stereocenters. The van der Waals surface area contributed by atoms with Gasteiger partial charge in [-0.2, -0.15) is 0 Å². The first-order valence-corrected chi connectivity index (χ1v) is 7.87. The van der Waals surface area contributed by atoms with Gasteiger partial charge in [0, 0.05) is 5.38 Å². The Morgan fingerprint density at radius 2 is 2.17 bits per heavy atom. The third-order valence-electron chi connectivity index (χ3n) is 3.02. The molecular weight excluding hydrogens is 320 g/mol. The number of amides is 1. The number of carbonyl (C=O) groups excluding carboxylic acids is 2. The molecule has 0 saturated carbocycles. The lowest BCUT2D eigenvalue weighted by molar-refractivity contribution is -0.125. The van der Waals surface area contributed by atoms with Gasteiger partial charge < -0.3 is 14.2 Å². The van der Waals surface area contributed by atoms with Gasteiger partial charge in [0.2, 0.25) is 6.10 Å². The number of hydrogen-bond acceptors (Lipinski definition) is 7. The summed E-state index contributed by atoms with van der Waals surface area (Å²) >= 11 is 1.14. The highest BCUT2D eigenvalue weighted by Crippen LogP contribution is 2.31. The minimum atomic E-state index is -0.778. The zero-order valence-corrected chi connectivity index (χ0v) is 13.1. The second-order valence-electron chi connectivity index (χ2n) is 4.61. The first-order chi connectivity index (χ1) is 11.2. The van der Waals surface area contributed by atoms with Crippen LogP contribution in [0.1, 0.15) is 17.4 Å². The molecule has 1 amide bonds. The van der Waals surface area contributed by atoms with Crippen LogP contribution in [-0.4, -0.2) is 36.2 Å². The number of para-hydroxylation sites is 2. The fraction of sp³-hybridized carbons (Fsp3) is 0.267. The van der Waals surface area contributed by atoms with Crippen molar-refractivity contribution in [3.05, 3.63) is 35.3 Å². The standard InChI is InChI=1S/C15H14N2O5S/c1-2-20-14(19)9-8-23-15(16-9)17-13(18)12-7-21-10-5-3-4-6-11(10)22-12/h3-6,8,12H,2,7H2,1H3,(H,16,17,18). The van der Waals surface area contributed by atoms with Gasteiger partial charge in [-0.1, -0.05) is 12.1 Å². The molecule has 8 heteroatoms. The van der Waals surface area contributed by atoms with E-state index in [9.17, 15) is 9.59 Å². The van der Waals surface area contributed by atoms with E-state index >= 15 is 0 Å². The molecule has 1 aromatic heterocycles. The van der Waals surface area contributed by atoms with Crippen LogP contribution in [0.15, 0.2) is 29.6 Å². The monoisotopic (exact) mass is 334 g/mol. The highest BCUT2D eigenvalue weighted by molar-refractivity contribution is 7.14. The first-order valence-electron chi connectivity index (χ1n) is 6.99. The molecule has 0 bridgehead atoms. The molecule has 0 fully saturated rings. The Balaban J connectivity index is 1.63. The lowest BCUT2D eigenvalue weighted by Gasteiger charge is -2.25. The Labute approximate surface area is 136 Å². The predicted octanol–water partition coefficient (Wildman–Crippen LogP) is 2.10. The van der Waals surface area contributed by atoms with Crippen LogP contribution in [0.4, 0.5) is 5.13 Å². The summed E-state index contributed by atoms with van der Waals surface area (Å²) < 4.78 is 15.9. The Morgan fingerprint density at radius 3 is 2.96 bits per heavy atom. The van der Waals surface area contributed by atoms with Gasteiger partial charge in [-0.3, -0.25) is 10.1 Å².